The quantitative estimate of drug-likeness (QED) is 0.667. The number of aliphatic hydroxyl groups excluding tert-OH is 1. The number of rotatable bonds is 4. The number of allylic oxidation sites excluding steroid dienone is 1. The Labute approximate surface area is 202 Å². The molecule has 1 saturated heterocycles. The number of aliphatic hydroxyl groups is 1. The van der Waals surface area contributed by atoms with Crippen molar-refractivity contribution in [1.29, 1.82) is 0 Å². The van der Waals surface area contributed by atoms with Crippen molar-refractivity contribution in [3.8, 4) is 11.8 Å². The van der Waals surface area contributed by atoms with Crippen LogP contribution in [0.1, 0.15) is 31.7 Å². The van der Waals surface area contributed by atoms with Crippen molar-refractivity contribution in [2.45, 2.75) is 37.5 Å². The highest BCUT2D eigenvalue weighted by Gasteiger charge is 2.33. The maximum absolute atomic E-state index is 12.9. The maximum Gasteiger partial charge on any atom is 0.236 e. The van der Waals surface area contributed by atoms with E-state index in [-0.39, 0.29) is 29.6 Å². The number of Topliss-reactive ketones (excluding diaryl/α,β-unsaturated/α-hetero) is 1. The zero-order chi connectivity index (χ0) is 23.5. The predicted molar refractivity (Wildman–Crippen MR) is 131 cm³/mol. The zero-order valence-corrected chi connectivity index (χ0v) is 20.1. The van der Waals surface area contributed by atoms with Gasteiger partial charge in [0.15, 0.2) is 5.78 Å². The number of thioether (sulfide) groups is 1. The normalized spacial score (nSPS) is 18.6. The minimum atomic E-state index is -0.236. The summed E-state index contributed by atoms with van der Waals surface area (Å²) in [6, 6.07) is 3.68. The van der Waals surface area contributed by atoms with Crippen LogP contribution in [-0.4, -0.2) is 69.7 Å². The van der Waals surface area contributed by atoms with Gasteiger partial charge in [0.1, 0.15) is 12.4 Å². The molecule has 172 valence electrons. The predicted octanol–water partition coefficient (Wildman–Crippen LogP) is 3.03. The van der Waals surface area contributed by atoms with E-state index in [0.29, 0.717) is 28.0 Å². The van der Waals surface area contributed by atoms with Gasteiger partial charge in [0.05, 0.1) is 27.5 Å². The highest BCUT2D eigenvalue weighted by Crippen LogP contribution is 2.33. The molecule has 1 N–H and O–H groups in total. The number of halogens is 1. The number of aromatic nitrogens is 2. The molecule has 0 radical (unpaired) electrons. The third-order valence-electron chi connectivity index (χ3n) is 6.11. The molecule has 7 nitrogen and oxygen atoms in total. The summed E-state index contributed by atoms with van der Waals surface area (Å²) in [4.78, 5) is 37.8. The number of hydrogen-bond donors (Lipinski definition) is 1. The van der Waals surface area contributed by atoms with Crippen LogP contribution in [0.2, 0.25) is 5.02 Å². The number of benzene rings is 1. The van der Waals surface area contributed by atoms with Gasteiger partial charge in [0, 0.05) is 37.3 Å². The van der Waals surface area contributed by atoms with Gasteiger partial charge in [-0.1, -0.05) is 23.4 Å². The summed E-state index contributed by atoms with van der Waals surface area (Å²) in [6.45, 7) is 2.84. The molecule has 3 heterocycles. The number of carbonyl (C=O) groups excluding carboxylic acids is 2. The molecule has 1 unspecified atom stereocenters. The Kier molecular flexibility index (Phi) is 7.23. The first-order valence-electron chi connectivity index (χ1n) is 10.8. The molecule has 1 aromatic heterocycles. The standard InChI is InChI=1S/C24H25ClN4O3S/c1-15(31)17-11-22(33-14-17)24(32)28(2)18-5-7-29(8-6-18)23-13-26-20-12-19(25)16(4-3-9-30)10-21(20)27-23/h10,12-14,18,22,30H,5-9,11H2,1-2H3. The van der Waals surface area contributed by atoms with E-state index in [9.17, 15) is 9.59 Å². The monoisotopic (exact) mass is 484 g/mol. The average molecular weight is 485 g/mol. The molecule has 4 rings (SSSR count). The summed E-state index contributed by atoms with van der Waals surface area (Å²) < 4.78 is 0. The molecule has 1 amide bonds. The average Bonchev–Trinajstić information content (AvgIpc) is 3.32. The van der Waals surface area contributed by atoms with E-state index >= 15 is 0 Å². The van der Waals surface area contributed by atoms with Crippen molar-refractivity contribution in [2.75, 3.05) is 31.6 Å². The van der Waals surface area contributed by atoms with Gasteiger partial charge < -0.3 is 14.9 Å². The van der Waals surface area contributed by atoms with Crippen LogP contribution in [0, 0.1) is 11.8 Å². The van der Waals surface area contributed by atoms with E-state index in [2.05, 4.69) is 21.7 Å². The lowest BCUT2D eigenvalue weighted by Gasteiger charge is -2.38. The SMILES string of the molecule is CC(=O)C1=CSC(C(=O)N(C)C2CCN(c3cnc4cc(Cl)c(C#CCO)cc4n3)CC2)C1. The first kappa shape index (κ1) is 23.6. The van der Waals surface area contributed by atoms with Gasteiger partial charge in [0.25, 0.3) is 0 Å². The fourth-order valence-corrected chi connectivity index (χ4v) is 5.48. The van der Waals surface area contributed by atoms with Crippen molar-refractivity contribution in [3.63, 3.8) is 0 Å². The number of ketones is 1. The lowest BCUT2D eigenvalue weighted by atomic mass is 10.0. The fraction of sp³-hybridized carbons (Fsp3) is 0.417. The molecule has 2 aromatic rings. The summed E-state index contributed by atoms with van der Waals surface area (Å²) in [6.07, 6.45) is 3.93. The van der Waals surface area contributed by atoms with E-state index in [4.69, 9.17) is 21.7 Å². The van der Waals surface area contributed by atoms with Crippen molar-refractivity contribution in [3.05, 3.63) is 39.9 Å². The van der Waals surface area contributed by atoms with Crippen molar-refractivity contribution in [1.82, 2.24) is 14.9 Å². The molecule has 0 spiro atoms. The van der Waals surface area contributed by atoms with Gasteiger partial charge >= 0.3 is 0 Å². The number of nitrogens with zero attached hydrogens (tertiary/aromatic N) is 4. The molecule has 1 fully saturated rings. The molecule has 2 aliphatic heterocycles. The van der Waals surface area contributed by atoms with Gasteiger partial charge in [-0.25, -0.2) is 4.98 Å². The van der Waals surface area contributed by atoms with Gasteiger partial charge in [0.2, 0.25) is 5.91 Å². The minimum absolute atomic E-state index is 0.0417. The van der Waals surface area contributed by atoms with Crippen LogP contribution in [0.15, 0.2) is 29.3 Å². The van der Waals surface area contributed by atoms with Crippen molar-refractivity contribution < 1.29 is 14.7 Å². The third-order valence-corrected chi connectivity index (χ3v) is 7.54. The molecule has 9 heteroatoms. The maximum atomic E-state index is 12.9. The number of carbonyl (C=O) groups is 2. The molecular formula is C24H25ClN4O3S. The largest absolute Gasteiger partial charge is 0.384 e. The van der Waals surface area contributed by atoms with E-state index in [0.717, 1.165) is 37.3 Å². The highest BCUT2D eigenvalue weighted by atomic mass is 35.5. The van der Waals surface area contributed by atoms with Crippen LogP contribution < -0.4 is 4.90 Å². The lowest BCUT2D eigenvalue weighted by Crippen LogP contribution is -2.48. The number of hydrogen-bond acceptors (Lipinski definition) is 7. The summed E-state index contributed by atoms with van der Waals surface area (Å²) >= 11 is 7.70. The molecule has 0 saturated carbocycles. The Morgan fingerprint density at radius 3 is 2.73 bits per heavy atom. The third kappa shape index (κ3) is 5.16. The van der Waals surface area contributed by atoms with Crippen LogP contribution in [-0.2, 0) is 9.59 Å². The highest BCUT2D eigenvalue weighted by molar-refractivity contribution is 8.03. The first-order valence-corrected chi connectivity index (χ1v) is 12.1. The molecule has 1 aromatic carbocycles. The van der Waals surface area contributed by atoms with Crippen LogP contribution >= 0.6 is 23.4 Å². The number of piperidine rings is 1. The minimum Gasteiger partial charge on any atom is -0.384 e. The van der Waals surface area contributed by atoms with Crippen LogP contribution in [0.25, 0.3) is 11.0 Å². The van der Waals surface area contributed by atoms with Gasteiger partial charge in [-0.3, -0.25) is 14.6 Å². The molecule has 0 bridgehead atoms. The number of fused-ring (bicyclic) bond motifs is 1. The second kappa shape index (κ2) is 10.1. The molecule has 33 heavy (non-hydrogen) atoms. The molecule has 1 atom stereocenters. The summed E-state index contributed by atoms with van der Waals surface area (Å²) in [7, 11) is 1.86. The lowest BCUT2D eigenvalue weighted by molar-refractivity contribution is -0.131. The Balaban J connectivity index is 1.40. The van der Waals surface area contributed by atoms with Crippen molar-refractivity contribution >= 4 is 51.9 Å². The Morgan fingerprint density at radius 2 is 2.06 bits per heavy atom. The number of anilines is 1. The van der Waals surface area contributed by atoms with E-state index in [1.54, 1.807) is 25.3 Å². The van der Waals surface area contributed by atoms with Gasteiger partial charge in [-0.15, -0.1) is 11.8 Å². The second-order valence-corrected chi connectivity index (χ2v) is 9.69. The summed E-state index contributed by atoms with van der Waals surface area (Å²) in [5.41, 5.74) is 2.73. The number of amides is 1. The molecular weight excluding hydrogens is 460 g/mol. The Hall–Kier alpha value is -2.60. The van der Waals surface area contributed by atoms with Crippen LogP contribution in [0.3, 0.4) is 0 Å². The second-order valence-electron chi connectivity index (χ2n) is 8.20. The Bertz CT molecular complexity index is 1180. The summed E-state index contributed by atoms with van der Waals surface area (Å²) in [5, 5.41) is 11.0. The topological polar surface area (TPSA) is 86.6 Å². The zero-order valence-electron chi connectivity index (χ0n) is 18.5. The fourth-order valence-electron chi connectivity index (χ4n) is 4.13. The molecule has 2 aliphatic rings. The van der Waals surface area contributed by atoms with Crippen LogP contribution in [0.5, 0.6) is 0 Å². The van der Waals surface area contributed by atoms with E-state index < -0.39 is 0 Å². The van der Waals surface area contributed by atoms with E-state index in [1.807, 2.05) is 17.4 Å². The molecule has 0 aliphatic carbocycles. The van der Waals surface area contributed by atoms with E-state index in [1.165, 1.54) is 11.8 Å². The Morgan fingerprint density at radius 1 is 1.30 bits per heavy atom. The first-order chi connectivity index (χ1) is 15.9. The van der Waals surface area contributed by atoms with Crippen molar-refractivity contribution in [2.24, 2.45) is 0 Å². The van der Waals surface area contributed by atoms with Gasteiger partial charge in [-0.05, 0) is 43.7 Å². The summed E-state index contributed by atoms with van der Waals surface area (Å²) in [5.74, 6) is 6.36. The smallest absolute Gasteiger partial charge is 0.236 e. The van der Waals surface area contributed by atoms with Crippen LogP contribution in [0.4, 0.5) is 5.82 Å². The van der Waals surface area contributed by atoms with Gasteiger partial charge in [-0.2, -0.15) is 0 Å².